The third-order valence-electron chi connectivity index (χ3n) is 5.75. The summed E-state index contributed by atoms with van der Waals surface area (Å²) in [5, 5.41) is 7.36. The second kappa shape index (κ2) is 8.53. The molecule has 1 aromatic carbocycles. The number of benzene rings is 1. The summed E-state index contributed by atoms with van der Waals surface area (Å²) in [4.78, 5) is 26.7. The van der Waals surface area contributed by atoms with Crippen LogP contribution < -0.4 is 5.32 Å². The lowest BCUT2D eigenvalue weighted by Gasteiger charge is -2.37. The number of rotatable bonds is 5. The SMILES string of the molecule is Cl.O=C(CCl)NC1(C2CCN(C(=O)c3ccccc3-n3cccn3)CC2)CC1. The number of hydrogen-bond acceptors (Lipinski definition) is 3. The molecule has 0 atom stereocenters. The molecule has 28 heavy (non-hydrogen) atoms. The first kappa shape index (κ1) is 20.7. The molecule has 2 aliphatic rings. The normalized spacial score (nSPS) is 18.2. The molecular formula is C20H24Cl2N4O2. The Morgan fingerprint density at radius 3 is 2.50 bits per heavy atom. The van der Waals surface area contributed by atoms with Crippen molar-refractivity contribution in [2.75, 3.05) is 19.0 Å². The van der Waals surface area contributed by atoms with E-state index in [1.54, 1.807) is 10.9 Å². The highest BCUT2D eigenvalue weighted by Crippen LogP contribution is 2.46. The molecular weight excluding hydrogens is 399 g/mol. The first-order valence-electron chi connectivity index (χ1n) is 9.38. The number of alkyl halides is 1. The van der Waals surface area contributed by atoms with Crippen LogP contribution in [0.3, 0.4) is 0 Å². The highest BCUT2D eigenvalue weighted by atomic mass is 35.5. The minimum atomic E-state index is -0.0965. The number of likely N-dealkylation sites (tertiary alicyclic amines) is 1. The second-order valence-electron chi connectivity index (χ2n) is 7.37. The van der Waals surface area contributed by atoms with Gasteiger partial charge in [0.2, 0.25) is 5.91 Å². The summed E-state index contributed by atoms with van der Waals surface area (Å²) in [6, 6.07) is 9.41. The highest BCUT2D eigenvalue weighted by Gasteiger charge is 2.50. The van der Waals surface area contributed by atoms with Crippen LogP contribution >= 0.6 is 24.0 Å². The van der Waals surface area contributed by atoms with Gasteiger partial charge in [0.05, 0.1) is 11.3 Å². The summed E-state index contributed by atoms with van der Waals surface area (Å²) in [6.45, 7) is 1.41. The summed E-state index contributed by atoms with van der Waals surface area (Å²) in [5.41, 5.74) is 1.37. The Hall–Kier alpha value is -2.05. The molecule has 150 valence electrons. The Bertz CT molecular complexity index is 828. The molecule has 1 aliphatic carbocycles. The van der Waals surface area contributed by atoms with Crippen molar-refractivity contribution in [1.82, 2.24) is 20.0 Å². The zero-order valence-electron chi connectivity index (χ0n) is 15.5. The summed E-state index contributed by atoms with van der Waals surface area (Å²) < 4.78 is 1.72. The van der Waals surface area contributed by atoms with Gasteiger partial charge < -0.3 is 10.2 Å². The summed E-state index contributed by atoms with van der Waals surface area (Å²) in [5.74, 6) is 0.355. The van der Waals surface area contributed by atoms with E-state index in [1.807, 2.05) is 41.4 Å². The van der Waals surface area contributed by atoms with E-state index in [-0.39, 0.29) is 35.6 Å². The van der Waals surface area contributed by atoms with Crippen LogP contribution in [-0.4, -0.2) is 51.0 Å². The number of nitrogens with one attached hydrogen (secondary N) is 1. The largest absolute Gasteiger partial charge is 0.349 e. The van der Waals surface area contributed by atoms with Crippen molar-refractivity contribution in [1.29, 1.82) is 0 Å². The number of hydrogen-bond donors (Lipinski definition) is 1. The van der Waals surface area contributed by atoms with Gasteiger partial charge in [0.15, 0.2) is 0 Å². The topological polar surface area (TPSA) is 67.2 Å². The van der Waals surface area contributed by atoms with Gasteiger partial charge in [-0.3, -0.25) is 9.59 Å². The van der Waals surface area contributed by atoms with Crippen molar-refractivity contribution < 1.29 is 9.59 Å². The number of aromatic nitrogens is 2. The third-order valence-corrected chi connectivity index (χ3v) is 5.99. The van der Waals surface area contributed by atoms with Crippen molar-refractivity contribution in [3.8, 4) is 5.69 Å². The fourth-order valence-electron chi connectivity index (χ4n) is 4.15. The molecule has 2 heterocycles. The van der Waals surface area contributed by atoms with Gasteiger partial charge in [0, 0.05) is 31.0 Å². The number of carbonyl (C=O) groups is 2. The van der Waals surface area contributed by atoms with Gasteiger partial charge in [-0.1, -0.05) is 12.1 Å². The first-order chi connectivity index (χ1) is 13.1. The van der Waals surface area contributed by atoms with Crippen LogP contribution in [0.15, 0.2) is 42.7 Å². The van der Waals surface area contributed by atoms with E-state index in [1.165, 1.54) is 0 Å². The molecule has 2 fully saturated rings. The number of piperidine rings is 1. The third kappa shape index (κ3) is 4.03. The summed E-state index contributed by atoms with van der Waals surface area (Å²) >= 11 is 5.64. The Kier molecular flexibility index (Phi) is 6.30. The van der Waals surface area contributed by atoms with Crippen LogP contribution in [0.4, 0.5) is 0 Å². The van der Waals surface area contributed by atoms with Crippen LogP contribution in [0.2, 0.25) is 0 Å². The van der Waals surface area contributed by atoms with Gasteiger partial charge in [-0.15, -0.1) is 24.0 Å². The van der Waals surface area contributed by atoms with Gasteiger partial charge in [-0.25, -0.2) is 4.68 Å². The van der Waals surface area contributed by atoms with E-state index in [0.29, 0.717) is 24.6 Å². The monoisotopic (exact) mass is 422 g/mol. The van der Waals surface area contributed by atoms with Gasteiger partial charge in [0.1, 0.15) is 5.88 Å². The maximum absolute atomic E-state index is 13.1. The zero-order chi connectivity index (χ0) is 18.9. The summed E-state index contributed by atoms with van der Waals surface area (Å²) in [6.07, 6.45) is 7.37. The van der Waals surface area contributed by atoms with E-state index in [4.69, 9.17) is 11.6 Å². The van der Waals surface area contributed by atoms with Gasteiger partial charge in [-0.2, -0.15) is 5.10 Å². The Morgan fingerprint density at radius 2 is 1.89 bits per heavy atom. The maximum Gasteiger partial charge on any atom is 0.256 e. The lowest BCUT2D eigenvalue weighted by Crippen LogP contribution is -2.48. The molecule has 1 saturated heterocycles. The number of nitrogens with zero attached hydrogens (tertiary/aromatic N) is 3. The van der Waals surface area contributed by atoms with Gasteiger partial charge >= 0.3 is 0 Å². The van der Waals surface area contributed by atoms with Crippen LogP contribution in [-0.2, 0) is 4.79 Å². The predicted octanol–water partition coefficient (Wildman–Crippen LogP) is 3.03. The lowest BCUT2D eigenvalue weighted by atomic mass is 9.87. The molecule has 1 N–H and O–H groups in total. The van der Waals surface area contributed by atoms with Crippen molar-refractivity contribution in [3.63, 3.8) is 0 Å². The fourth-order valence-corrected chi connectivity index (χ4v) is 4.22. The van der Waals surface area contributed by atoms with E-state index in [0.717, 1.165) is 31.4 Å². The van der Waals surface area contributed by atoms with E-state index in [9.17, 15) is 9.59 Å². The number of amides is 2. The number of carbonyl (C=O) groups excluding carboxylic acids is 2. The molecule has 0 unspecified atom stereocenters. The van der Waals surface area contributed by atoms with Gasteiger partial charge in [0.25, 0.3) is 5.91 Å². The molecule has 2 amide bonds. The van der Waals surface area contributed by atoms with E-state index in [2.05, 4.69) is 10.4 Å². The average molecular weight is 423 g/mol. The molecule has 0 spiro atoms. The maximum atomic E-state index is 13.1. The molecule has 8 heteroatoms. The Balaban J connectivity index is 0.00000225. The molecule has 0 radical (unpaired) electrons. The fraction of sp³-hybridized carbons (Fsp3) is 0.450. The van der Waals surface area contributed by atoms with Crippen LogP contribution in [0.25, 0.3) is 5.69 Å². The molecule has 4 rings (SSSR count). The molecule has 2 aromatic rings. The second-order valence-corrected chi connectivity index (χ2v) is 7.64. The first-order valence-corrected chi connectivity index (χ1v) is 9.92. The predicted molar refractivity (Wildman–Crippen MR) is 110 cm³/mol. The van der Waals surface area contributed by atoms with Crippen molar-refractivity contribution in [2.45, 2.75) is 31.2 Å². The minimum Gasteiger partial charge on any atom is -0.349 e. The van der Waals surface area contributed by atoms with E-state index >= 15 is 0 Å². The van der Waals surface area contributed by atoms with Crippen molar-refractivity contribution in [3.05, 3.63) is 48.3 Å². The Labute approximate surface area is 175 Å². The molecule has 1 aromatic heterocycles. The quantitative estimate of drug-likeness (QED) is 0.752. The number of para-hydroxylation sites is 1. The molecule has 6 nitrogen and oxygen atoms in total. The molecule has 0 bridgehead atoms. The average Bonchev–Trinajstić information content (AvgIpc) is 3.28. The Morgan fingerprint density at radius 1 is 1.18 bits per heavy atom. The standard InChI is InChI=1S/C20H23ClN4O2.ClH/c21-14-18(26)23-20(8-9-20)15-6-12-24(13-7-15)19(27)16-4-1-2-5-17(16)25-11-3-10-22-25;/h1-5,10-11,15H,6-9,12-14H2,(H,23,26);1H. The van der Waals surface area contributed by atoms with Crippen molar-refractivity contribution >= 4 is 35.8 Å². The molecule has 1 aliphatic heterocycles. The van der Waals surface area contributed by atoms with Crippen LogP contribution in [0, 0.1) is 5.92 Å². The lowest BCUT2D eigenvalue weighted by molar-refractivity contribution is -0.120. The van der Waals surface area contributed by atoms with Crippen LogP contribution in [0.5, 0.6) is 0 Å². The van der Waals surface area contributed by atoms with Crippen LogP contribution in [0.1, 0.15) is 36.0 Å². The number of halogens is 2. The minimum absolute atomic E-state index is 0. The highest BCUT2D eigenvalue weighted by molar-refractivity contribution is 6.27. The molecule has 1 saturated carbocycles. The summed E-state index contributed by atoms with van der Waals surface area (Å²) in [7, 11) is 0. The van der Waals surface area contributed by atoms with Crippen molar-refractivity contribution in [2.24, 2.45) is 5.92 Å². The smallest absolute Gasteiger partial charge is 0.256 e. The van der Waals surface area contributed by atoms with E-state index < -0.39 is 0 Å². The van der Waals surface area contributed by atoms with Gasteiger partial charge in [-0.05, 0) is 49.8 Å². The zero-order valence-corrected chi connectivity index (χ0v) is 17.1.